The van der Waals surface area contributed by atoms with Crippen molar-refractivity contribution in [1.82, 2.24) is 0 Å². The summed E-state index contributed by atoms with van der Waals surface area (Å²) >= 11 is 0. The summed E-state index contributed by atoms with van der Waals surface area (Å²) in [5, 5.41) is 8.95. The lowest BCUT2D eigenvalue weighted by molar-refractivity contribution is 0.147. The molecule has 58 valence electrons. The van der Waals surface area contributed by atoms with Crippen LogP contribution >= 0.6 is 0 Å². The Hall–Kier alpha value is -0.560. The number of aliphatic hydroxyl groups excluding tert-OH is 1. The molecule has 10 heavy (non-hydrogen) atoms. The lowest BCUT2D eigenvalue weighted by atomic mass is 9.84. The molecule has 0 heterocycles. The van der Waals surface area contributed by atoms with E-state index >= 15 is 0 Å². The highest BCUT2D eigenvalue weighted by atomic mass is 16.3. The molecule has 0 fully saturated rings. The Morgan fingerprint density at radius 3 is 1.90 bits per heavy atom. The molecule has 0 saturated carbocycles. The summed E-state index contributed by atoms with van der Waals surface area (Å²) in [6.07, 6.45) is 5.35. The summed E-state index contributed by atoms with van der Waals surface area (Å²) < 4.78 is 0. The van der Waals surface area contributed by atoms with Gasteiger partial charge in [0.25, 0.3) is 0 Å². The highest BCUT2D eigenvalue weighted by Gasteiger charge is 2.18. The number of allylic oxidation sites excluding steroid dienone is 2. The Labute approximate surface area is 63.1 Å². The molecule has 0 saturated heterocycles. The summed E-state index contributed by atoms with van der Waals surface area (Å²) in [5.41, 5.74) is -0.0382. The molecule has 0 amide bonds. The number of aliphatic hydroxyl groups is 1. The Kier molecular flexibility index (Phi) is 4.05. The van der Waals surface area contributed by atoms with Crippen LogP contribution in [0.4, 0.5) is 0 Å². The minimum Gasteiger partial charge on any atom is -0.396 e. The Morgan fingerprint density at radius 1 is 1.30 bits per heavy atom. The highest BCUT2D eigenvalue weighted by molar-refractivity contribution is 4.87. The van der Waals surface area contributed by atoms with E-state index in [2.05, 4.69) is 13.2 Å². The van der Waals surface area contributed by atoms with Gasteiger partial charge in [-0.1, -0.05) is 19.1 Å². The van der Waals surface area contributed by atoms with E-state index in [1.807, 2.05) is 19.1 Å². The Balaban J connectivity index is 3.92. The predicted molar refractivity (Wildman–Crippen MR) is 44.8 cm³/mol. The maximum Gasteiger partial charge on any atom is 0.0490 e. The van der Waals surface area contributed by atoms with Gasteiger partial charge < -0.3 is 5.11 Å². The second-order valence-electron chi connectivity index (χ2n) is 2.95. The average Bonchev–Trinajstić information content (AvgIpc) is 1.89. The van der Waals surface area contributed by atoms with Gasteiger partial charge in [-0.2, -0.15) is 0 Å². The zero-order valence-electron chi connectivity index (χ0n) is 6.64. The van der Waals surface area contributed by atoms with E-state index in [1.54, 1.807) is 0 Å². The van der Waals surface area contributed by atoms with Crippen LogP contribution in [0.15, 0.2) is 25.3 Å². The van der Waals surface area contributed by atoms with Crippen LogP contribution in [0, 0.1) is 5.41 Å². The molecule has 1 N–H and O–H groups in total. The van der Waals surface area contributed by atoms with Gasteiger partial charge in [0.2, 0.25) is 0 Å². The first-order valence-electron chi connectivity index (χ1n) is 3.51. The van der Waals surface area contributed by atoms with Gasteiger partial charge >= 0.3 is 0 Å². The van der Waals surface area contributed by atoms with Crippen LogP contribution < -0.4 is 0 Å². The van der Waals surface area contributed by atoms with Crippen LogP contribution in [0.1, 0.15) is 19.8 Å². The Bertz CT molecular complexity index is 106. The van der Waals surface area contributed by atoms with Gasteiger partial charge in [-0.05, 0) is 18.3 Å². The number of rotatable bonds is 5. The topological polar surface area (TPSA) is 20.2 Å². The average molecular weight is 140 g/mol. The maximum absolute atomic E-state index is 8.95. The molecule has 0 bridgehead atoms. The van der Waals surface area contributed by atoms with E-state index < -0.39 is 0 Å². The minimum absolute atomic E-state index is 0.0382. The van der Waals surface area contributed by atoms with Gasteiger partial charge in [0.05, 0.1) is 0 Å². The summed E-state index contributed by atoms with van der Waals surface area (Å²) in [4.78, 5) is 0. The fourth-order valence-corrected chi connectivity index (χ4v) is 0.909. The molecule has 0 aliphatic carbocycles. The van der Waals surface area contributed by atoms with Crippen LogP contribution in [0.5, 0.6) is 0 Å². The molecule has 1 heteroatoms. The number of hydrogen-bond donors (Lipinski definition) is 1. The molecule has 1 nitrogen and oxygen atoms in total. The van der Waals surface area contributed by atoms with Crippen LogP contribution in [0.3, 0.4) is 0 Å². The summed E-state index contributed by atoms with van der Waals surface area (Å²) in [5.74, 6) is 0. The normalized spacial score (nSPS) is 11.0. The lowest BCUT2D eigenvalue weighted by Crippen LogP contribution is -2.19. The van der Waals surface area contributed by atoms with E-state index in [-0.39, 0.29) is 12.0 Å². The maximum atomic E-state index is 8.95. The summed E-state index contributed by atoms with van der Waals surface area (Å²) in [6.45, 7) is 9.48. The quantitative estimate of drug-likeness (QED) is 0.580. The Morgan fingerprint density at radius 2 is 1.70 bits per heavy atom. The smallest absolute Gasteiger partial charge is 0.0490 e. The van der Waals surface area contributed by atoms with Crippen molar-refractivity contribution < 1.29 is 5.11 Å². The van der Waals surface area contributed by atoms with E-state index in [0.29, 0.717) is 0 Å². The van der Waals surface area contributed by atoms with E-state index in [0.717, 1.165) is 12.8 Å². The monoisotopic (exact) mass is 140 g/mol. The zero-order valence-corrected chi connectivity index (χ0v) is 6.64. The van der Waals surface area contributed by atoms with Crippen molar-refractivity contribution in [2.24, 2.45) is 5.41 Å². The molecule has 0 unspecified atom stereocenters. The summed E-state index contributed by atoms with van der Waals surface area (Å²) in [6, 6.07) is 0. The summed E-state index contributed by atoms with van der Waals surface area (Å²) in [7, 11) is 0. The van der Waals surface area contributed by atoms with Crippen molar-refractivity contribution in [3.05, 3.63) is 25.3 Å². The third-order valence-corrected chi connectivity index (χ3v) is 1.66. The van der Waals surface area contributed by atoms with Crippen molar-refractivity contribution in [3.8, 4) is 0 Å². The van der Waals surface area contributed by atoms with Crippen LogP contribution in [-0.2, 0) is 0 Å². The second kappa shape index (κ2) is 4.29. The minimum atomic E-state index is -0.0382. The molecule has 0 aromatic rings. The van der Waals surface area contributed by atoms with E-state index in [4.69, 9.17) is 5.11 Å². The predicted octanol–water partition coefficient (Wildman–Crippen LogP) is 2.14. The molecule has 0 aromatic carbocycles. The van der Waals surface area contributed by atoms with Gasteiger partial charge in [-0.15, -0.1) is 13.2 Å². The molecule has 0 aliphatic heterocycles. The fourth-order valence-electron chi connectivity index (χ4n) is 0.909. The SMILES string of the molecule is C=CCC(C)(CO)CC=C. The largest absolute Gasteiger partial charge is 0.396 e. The van der Waals surface area contributed by atoms with Crippen LogP contribution in [0.25, 0.3) is 0 Å². The molecule has 0 aromatic heterocycles. The zero-order chi connectivity index (χ0) is 8.04. The van der Waals surface area contributed by atoms with Gasteiger partial charge in [-0.25, -0.2) is 0 Å². The van der Waals surface area contributed by atoms with Crippen molar-refractivity contribution >= 4 is 0 Å². The van der Waals surface area contributed by atoms with Gasteiger partial charge in [0, 0.05) is 6.61 Å². The van der Waals surface area contributed by atoms with Gasteiger partial charge in [0.15, 0.2) is 0 Å². The highest BCUT2D eigenvalue weighted by Crippen LogP contribution is 2.25. The van der Waals surface area contributed by atoms with Crippen molar-refractivity contribution in [3.63, 3.8) is 0 Å². The molecule has 0 aliphatic rings. The number of hydrogen-bond acceptors (Lipinski definition) is 1. The fraction of sp³-hybridized carbons (Fsp3) is 0.556. The van der Waals surface area contributed by atoms with Crippen LogP contribution in [-0.4, -0.2) is 11.7 Å². The molecule has 0 radical (unpaired) electrons. The second-order valence-corrected chi connectivity index (χ2v) is 2.95. The van der Waals surface area contributed by atoms with E-state index in [1.165, 1.54) is 0 Å². The third-order valence-electron chi connectivity index (χ3n) is 1.66. The first kappa shape index (κ1) is 9.44. The van der Waals surface area contributed by atoms with Crippen molar-refractivity contribution in [1.29, 1.82) is 0 Å². The molecule has 0 spiro atoms. The molecule has 0 rings (SSSR count). The molecular formula is C9H16O. The van der Waals surface area contributed by atoms with Crippen LogP contribution in [0.2, 0.25) is 0 Å². The lowest BCUT2D eigenvalue weighted by Gasteiger charge is -2.23. The third kappa shape index (κ3) is 2.83. The first-order valence-corrected chi connectivity index (χ1v) is 3.51. The van der Waals surface area contributed by atoms with E-state index in [9.17, 15) is 0 Å². The standard InChI is InChI=1S/C9H16O/c1-4-6-9(3,8-10)7-5-2/h4-5,10H,1-2,6-8H2,3H3. The van der Waals surface area contributed by atoms with Gasteiger partial charge in [-0.3, -0.25) is 0 Å². The van der Waals surface area contributed by atoms with Crippen molar-refractivity contribution in [2.75, 3.05) is 6.61 Å². The molecule has 0 atom stereocenters. The first-order chi connectivity index (χ1) is 4.68. The van der Waals surface area contributed by atoms with Gasteiger partial charge in [0.1, 0.15) is 0 Å². The van der Waals surface area contributed by atoms with Crippen molar-refractivity contribution in [2.45, 2.75) is 19.8 Å². The molecular weight excluding hydrogens is 124 g/mol.